The van der Waals surface area contributed by atoms with Crippen molar-refractivity contribution >= 4 is 45.0 Å². The van der Waals surface area contributed by atoms with Gasteiger partial charge in [0.25, 0.3) is 0 Å². The number of thiophene rings is 1. The Balaban J connectivity index is 1.59. The van der Waals surface area contributed by atoms with Crippen molar-refractivity contribution in [3.8, 4) is 0 Å². The first-order valence-corrected chi connectivity index (χ1v) is 8.98. The zero-order valence-corrected chi connectivity index (χ0v) is 14.2. The lowest BCUT2D eigenvalue weighted by Crippen LogP contribution is -2.28. The first kappa shape index (κ1) is 15.8. The predicted octanol–water partition coefficient (Wildman–Crippen LogP) is 3.24. The van der Waals surface area contributed by atoms with Crippen LogP contribution in [0.5, 0.6) is 0 Å². The van der Waals surface area contributed by atoms with E-state index in [2.05, 4.69) is 15.3 Å². The van der Waals surface area contributed by atoms with E-state index >= 15 is 0 Å². The Morgan fingerprint density at radius 3 is 2.87 bits per heavy atom. The summed E-state index contributed by atoms with van der Waals surface area (Å²) >= 11 is 2.80. The molecule has 3 rings (SSSR count). The first-order valence-electron chi connectivity index (χ1n) is 7.11. The van der Waals surface area contributed by atoms with Crippen molar-refractivity contribution in [2.24, 2.45) is 0 Å². The van der Waals surface area contributed by atoms with Gasteiger partial charge in [-0.25, -0.2) is 9.97 Å². The normalized spacial score (nSPS) is 12.2. The average molecular weight is 344 g/mol. The van der Waals surface area contributed by atoms with E-state index in [0.717, 1.165) is 15.8 Å². The van der Waals surface area contributed by atoms with Crippen LogP contribution in [0.15, 0.2) is 46.9 Å². The highest BCUT2D eigenvalue weighted by molar-refractivity contribution is 7.99. The molecule has 5 nitrogen and oxygen atoms in total. The third-order valence-electron chi connectivity index (χ3n) is 3.34. The quantitative estimate of drug-likeness (QED) is 0.548. The van der Waals surface area contributed by atoms with Gasteiger partial charge < -0.3 is 11.1 Å². The number of amides is 1. The summed E-state index contributed by atoms with van der Waals surface area (Å²) in [5.41, 5.74) is 6.98. The van der Waals surface area contributed by atoms with Gasteiger partial charge in [-0.3, -0.25) is 4.79 Å². The van der Waals surface area contributed by atoms with Crippen LogP contribution in [0.4, 0.5) is 5.82 Å². The fourth-order valence-corrected chi connectivity index (χ4v) is 3.65. The Kier molecular flexibility index (Phi) is 4.78. The molecule has 0 fully saturated rings. The molecular formula is C16H16N4OS2. The third kappa shape index (κ3) is 3.80. The van der Waals surface area contributed by atoms with Gasteiger partial charge in [-0.2, -0.15) is 0 Å². The van der Waals surface area contributed by atoms with Crippen molar-refractivity contribution in [2.45, 2.75) is 18.1 Å². The molecule has 1 unspecified atom stereocenters. The summed E-state index contributed by atoms with van der Waals surface area (Å²) in [6.45, 7) is 1.96. The monoisotopic (exact) mass is 344 g/mol. The highest BCUT2D eigenvalue weighted by Crippen LogP contribution is 2.26. The molecule has 0 aliphatic carbocycles. The zero-order valence-electron chi connectivity index (χ0n) is 12.5. The molecule has 0 saturated heterocycles. The van der Waals surface area contributed by atoms with Gasteiger partial charge in [0, 0.05) is 0 Å². The van der Waals surface area contributed by atoms with Gasteiger partial charge in [-0.1, -0.05) is 42.1 Å². The lowest BCUT2D eigenvalue weighted by atomic mass is 10.1. The minimum atomic E-state index is -0.0557. The molecule has 23 heavy (non-hydrogen) atoms. The highest BCUT2D eigenvalue weighted by atomic mass is 32.2. The standard InChI is InChI=1S/C16H16N4OS2/c1-10(11-5-3-2-4-6-11)18-13(21)9-23-16-19-14(17)12-7-8-22-15(12)20-16/h2-8,10H,9H2,1H3,(H,18,21)(H2,17,19,20). The molecule has 1 amide bonds. The number of anilines is 1. The van der Waals surface area contributed by atoms with E-state index in [1.54, 1.807) is 0 Å². The highest BCUT2D eigenvalue weighted by Gasteiger charge is 2.12. The molecular weight excluding hydrogens is 328 g/mol. The number of aromatic nitrogens is 2. The topological polar surface area (TPSA) is 80.9 Å². The number of hydrogen-bond donors (Lipinski definition) is 2. The largest absolute Gasteiger partial charge is 0.383 e. The maximum Gasteiger partial charge on any atom is 0.230 e. The number of carbonyl (C=O) groups is 1. The molecule has 0 aliphatic rings. The second-order valence-electron chi connectivity index (χ2n) is 5.02. The van der Waals surface area contributed by atoms with Crippen LogP contribution < -0.4 is 11.1 Å². The average Bonchev–Trinajstić information content (AvgIpc) is 3.03. The van der Waals surface area contributed by atoms with Crippen molar-refractivity contribution in [2.75, 3.05) is 11.5 Å². The van der Waals surface area contributed by atoms with Gasteiger partial charge in [0.1, 0.15) is 10.6 Å². The molecule has 1 aromatic carbocycles. The number of nitrogens with zero attached hydrogens (tertiary/aromatic N) is 2. The van der Waals surface area contributed by atoms with Crippen LogP contribution in [0.2, 0.25) is 0 Å². The van der Waals surface area contributed by atoms with Crippen molar-refractivity contribution in [3.05, 3.63) is 47.3 Å². The summed E-state index contributed by atoms with van der Waals surface area (Å²) in [6.07, 6.45) is 0. The van der Waals surface area contributed by atoms with Crippen LogP contribution in [-0.2, 0) is 4.79 Å². The maximum atomic E-state index is 12.1. The predicted molar refractivity (Wildman–Crippen MR) is 95.6 cm³/mol. The second kappa shape index (κ2) is 6.97. The number of rotatable bonds is 5. The van der Waals surface area contributed by atoms with Crippen LogP contribution in [-0.4, -0.2) is 21.6 Å². The molecule has 7 heteroatoms. The van der Waals surface area contributed by atoms with Gasteiger partial charge in [0.2, 0.25) is 5.91 Å². The summed E-state index contributed by atoms with van der Waals surface area (Å²) in [6, 6.07) is 11.7. The minimum Gasteiger partial charge on any atom is -0.383 e. The van der Waals surface area contributed by atoms with Crippen molar-refractivity contribution in [3.63, 3.8) is 0 Å². The number of nitrogen functional groups attached to an aromatic ring is 1. The number of benzene rings is 1. The van der Waals surface area contributed by atoms with Gasteiger partial charge in [0.15, 0.2) is 5.16 Å². The van der Waals surface area contributed by atoms with E-state index in [4.69, 9.17) is 5.73 Å². The minimum absolute atomic E-state index is 0.0323. The van der Waals surface area contributed by atoms with E-state index in [0.29, 0.717) is 11.0 Å². The number of thioether (sulfide) groups is 1. The molecule has 0 bridgehead atoms. The van der Waals surface area contributed by atoms with Crippen LogP contribution in [0, 0.1) is 0 Å². The fourth-order valence-electron chi connectivity index (χ4n) is 2.16. The number of nitrogens with one attached hydrogen (secondary N) is 1. The molecule has 0 aliphatic heterocycles. The summed E-state index contributed by atoms with van der Waals surface area (Å²) in [7, 11) is 0. The van der Waals surface area contributed by atoms with Gasteiger partial charge >= 0.3 is 0 Å². The molecule has 2 heterocycles. The van der Waals surface area contributed by atoms with Gasteiger partial charge in [0.05, 0.1) is 17.2 Å². The first-order chi connectivity index (χ1) is 11.1. The lowest BCUT2D eigenvalue weighted by molar-refractivity contribution is -0.119. The Morgan fingerprint density at radius 1 is 1.30 bits per heavy atom. The Labute approximate surface area is 142 Å². The molecule has 118 valence electrons. The molecule has 1 atom stereocenters. The second-order valence-corrected chi connectivity index (χ2v) is 6.86. The van der Waals surface area contributed by atoms with Crippen LogP contribution >= 0.6 is 23.1 Å². The van der Waals surface area contributed by atoms with Crippen molar-refractivity contribution in [1.29, 1.82) is 0 Å². The molecule has 3 aromatic rings. The van der Waals surface area contributed by atoms with E-state index in [9.17, 15) is 4.79 Å². The Bertz CT molecular complexity index is 819. The SMILES string of the molecule is CC(NC(=O)CSc1nc(N)c2ccsc2n1)c1ccccc1. The lowest BCUT2D eigenvalue weighted by Gasteiger charge is -2.13. The van der Waals surface area contributed by atoms with Crippen LogP contribution in [0.25, 0.3) is 10.2 Å². The van der Waals surface area contributed by atoms with Crippen LogP contribution in [0.1, 0.15) is 18.5 Å². The van der Waals surface area contributed by atoms with Crippen molar-refractivity contribution < 1.29 is 4.79 Å². The van der Waals surface area contributed by atoms with E-state index in [1.807, 2.05) is 48.7 Å². The molecule has 0 saturated carbocycles. The zero-order chi connectivity index (χ0) is 16.2. The fraction of sp³-hybridized carbons (Fsp3) is 0.188. The summed E-state index contributed by atoms with van der Waals surface area (Å²) < 4.78 is 0. The Hall–Kier alpha value is -2.12. The van der Waals surface area contributed by atoms with E-state index < -0.39 is 0 Å². The van der Waals surface area contributed by atoms with E-state index in [1.165, 1.54) is 23.1 Å². The van der Waals surface area contributed by atoms with Crippen LogP contribution in [0.3, 0.4) is 0 Å². The summed E-state index contributed by atoms with van der Waals surface area (Å²) in [5.74, 6) is 0.657. The number of hydrogen-bond acceptors (Lipinski definition) is 6. The maximum absolute atomic E-state index is 12.1. The molecule has 2 aromatic heterocycles. The Morgan fingerprint density at radius 2 is 2.09 bits per heavy atom. The van der Waals surface area contributed by atoms with E-state index in [-0.39, 0.29) is 17.7 Å². The number of carbonyl (C=O) groups excluding carboxylic acids is 1. The molecule has 3 N–H and O–H groups in total. The third-order valence-corrected chi connectivity index (χ3v) is 5.00. The van der Waals surface area contributed by atoms with Crippen molar-refractivity contribution in [1.82, 2.24) is 15.3 Å². The summed E-state index contributed by atoms with van der Waals surface area (Å²) in [4.78, 5) is 21.6. The van der Waals surface area contributed by atoms with Gasteiger partial charge in [-0.05, 0) is 23.9 Å². The number of fused-ring (bicyclic) bond motifs is 1. The summed E-state index contributed by atoms with van der Waals surface area (Å²) in [5, 5.41) is 6.29. The smallest absolute Gasteiger partial charge is 0.230 e. The number of nitrogens with two attached hydrogens (primary N) is 1. The molecule has 0 radical (unpaired) electrons. The molecule has 0 spiro atoms. The van der Waals surface area contributed by atoms with Gasteiger partial charge in [-0.15, -0.1) is 11.3 Å².